The third-order valence-electron chi connectivity index (χ3n) is 6.40. The molecule has 3 amide bonds. The summed E-state index contributed by atoms with van der Waals surface area (Å²) >= 11 is 5.99. The lowest BCUT2D eigenvalue weighted by atomic mass is 9.92. The van der Waals surface area contributed by atoms with Gasteiger partial charge < -0.3 is 20.9 Å². The van der Waals surface area contributed by atoms with E-state index in [2.05, 4.69) is 27.0 Å². The standard InChI is InChI=1S/C24H27ClFN5O3/c1-24(2)10-14(21(32)31-24)8-15(11-27)28-22(33)17(7-12-3-4-12)30-23(34)18-9-13-5-6-16(26)19(25)20(13)29-18/h5-6,9,12,14-15,17,29H,3-4,7-8,10H2,1-2H3,(H,28,33)(H,30,34)(H,31,32)/t14-,15?,17?/m1/s1. The molecule has 1 aliphatic carbocycles. The zero-order chi connectivity index (χ0) is 24.6. The number of carbonyl (C=O) groups excluding carboxylic acids is 3. The Morgan fingerprint density at radius 3 is 2.65 bits per heavy atom. The SMILES string of the molecule is CC1(C)C[C@@H](CC(C#N)NC(=O)C(CC2CC2)NC(=O)c2cc3ccc(F)c(Cl)c3[nH]2)C(=O)N1. The lowest BCUT2D eigenvalue weighted by Gasteiger charge is -2.21. The lowest BCUT2D eigenvalue weighted by Crippen LogP contribution is -2.50. The second kappa shape index (κ2) is 9.26. The fraction of sp³-hybridized carbons (Fsp3) is 0.500. The zero-order valence-electron chi connectivity index (χ0n) is 19.0. The molecule has 2 heterocycles. The van der Waals surface area contributed by atoms with E-state index in [1.165, 1.54) is 12.1 Å². The smallest absolute Gasteiger partial charge is 0.268 e. The number of carbonyl (C=O) groups is 3. The van der Waals surface area contributed by atoms with Gasteiger partial charge in [0.05, 0.1) is 11.6 Å². The molecule has 0 radical (unpaired) electrons. The Hall–Kier alpha value is -3.12. The first-order chi connectivity index (χ1) is 16.1. The molecule has 10 heteroatoms. The fourth-order valence-electron chi connectivity index (χ4n) is 4.50. The first-order valence-corrected chi connectivity index (χ1v) is 11.7. The summed E-state index contributed by atoms with van der Waals surface area (Å²) in [5, 5.41) is 18.4. The first kappa shape index (κ1) is 24.0. The van der Waals surface area contributed by atoms with Crippen molar-refractivity contribution in [2.75, 3.05) is 0 Å². The van der Waals surface area contributed by atoms with Crippen molar-refractivity contribution in [1.82, 2.24) is 20.9 Å². The van der Waals surface area contributed by atoms with Crippen molar-refractivity contribution in [3.63, 3.8) is 0 Å². The third kappa shape index (κ3) is 5.33. The molecule has 180 valence electrons. The number of H-pyrrole nitrogens is 1. The van der Waals surface area contributed by atoms with Crippen LogP contribution in [0.1, 0.15) is 56.4 Å². The maximum Gasteiger partial charge on any atom is 0.268 e. The molecule has 34 heavy (non-hydrogen) atoms. The molecule has 1 aromatic carbocycles. The van der Waals surface area contributed by atoms with Gasteiger partial charge in [-0.15, -0.1) is 0 Å². The highest BCUT2D eigenvalue weighted by Crippen LogP contribution is 2.34. The van der Waals surface area contributed by atoms with Gasteiger partial charge in [-0.1, -0.05) is 24.4 Å². The van der Waals surface area contributed by atoms with Gasteiger partial charge in [0.25, 0.3) is 5.91 Å². The molecule has 2 aliphatic rings. The van der Waals surface area contributed by atoms with E-state index in [4.69, 9.17) is 11.6 Å². The Morgan fingerprint density at radius 2 is 2.03 bits per heavy atom. The van der Waals surface area contributed by atoms with E-state index in [0.29, 0.717) is 29.7 Å². The van der Waals surface area contributed by atoms with Crippen molar-refractivity contribution in [3.8, 4) is 6.07 Å². The van der Waals surface area contributed by atoms with Gasteiger partial charge in [0, 0.05) is 16.8 Å². The van der Waals surface area contributed by atoms with Gasteiger partial charge in [0.2, 0.25) is 11.8 Å². The van der Waals surface area contributed by atoms with Crippen LogP contribution in [0.4, 0.5) is 4.39 Å². The number of benzene rings is 1. The summed E-state index contributed by atoms with van der Waals surface area (Å²) in [4.78, 5) is 41.0. The summed E-state index contributed by atoms with van der Waals surface area (Å²) in [6.07, 6.45) is 3.17. The monoisotopic (exact) mass is 487 g/mol. The number of hydrogen-bond acceptors (Lipinski definition) is 4. The molecule has 2 fully saturated rings. The summed E-state index contributed by atoms with van der Waals surface area (Å²) in [6.45, 7) is 3.83. The fourth-order valence-corrected chi connectivity index (χ4v) is 4.72. The highest BCUT2D eigenvalue weighted by atomic mass is 35.5. The minimum atomic E-state index is -0.856. The molecule has 4 rings (SSSR count). The second-order valence-corrected chi connectivity index (χ2v) is 10.3. The number of amides is 3. The van der Waals surface area contributed by atoms with Gasteiger partial charge in [-0.25, -0.2) is 4.39 Å². The lowest BCUT2D eigenvalue weighted by molar-refractivity contribution is -0.125. The summed E-state index contributed by atoms with van der Waals surface area (Å²) in [7, 11) is 0. The maximum absolute atomic E-state index is 13.7. The molecule has 2 aromatic rings. The number of fused-ring (bicyclic) bond motifs is 1. The molecule has 4 N–H and O–H groups in total. The summed E-state index contributed by atoms with van der Waals surface area (Å²) in [5.41, 5.74) is 0.106. The zero-order valence-corrected chi connectivity index (χ0v) is 19.8. The number of halogens is 2. The molecular weight excluding hydrogens is 461 g/mol. The van der Waals surface area contributed by atoms with Gasteiger partial charge >= 0.3 is 0 Å². The molecule has 0 bridgehead atoms. The molecule has 1 saturated carbocycles. The van der Waals surface area contributed by atoms with Crippen LogP contribution in [-0.2, 0) is 9.59 Å². The summed E-state index contributed by atoms with van der Waals surface area (Å²) in [6, 6.07) is 4.64. The maximum atomic E-state index is 13.7. The molecule has 1 saturated heterocycles. The van der Waals surface area contributed by atoms with Crippen LogP contribution >= 0.6 is 11.6 Å². The highest BCUT2D eigenvalue weighted by Gasteiger charge is 2.39. The van der Waals surface area contributed by atoms with Gasteiger partial charge in [0.15, 0.2) is 0 Å². The largest absolute Gasteiger partial charge is 0.351 e. The molecular formula is C24H27ClFN5O3. The Kier molecular flexibility index (Phi) is 6.54. The van der Waals surface area contributed by atoms with Crippen LogP contribution in [0.15, 0.2) is 18.2 Å². The number of rotatable bonds is 8. The van der Waals surface area contributed by atoms with E-state index in [1.54, 1.807) is 6.07 Å². The highest BCUT2D eigenvalue weighted by molar-refractivity contribution is 6.35. The van der Waals surface area contributed by atoms with Crippen LogP contribution in [0.25, 0.3) is 10.9 Å². The number of nitrogens with one attached hydrogen (secondary N) is 4. The van der Waals surface area contributed by atoms with Crippen molar-refractivity contribution in [2.24, 2.45) is 11.8 Å². The predicted molar refractivity (Wildman–Crippen MR) is 124 cm³/mol. The average molecular weight is 488 g/mol. The van der Waals surface area contributed by atoms with Crippen molar-refractivity contribution in [3.05, 3.63) is 34.7 Å². The van der Waals surface area contributed by atoms with Gasteiger partial charge in [0.1, 0.15) is 28.6 Å². The minimum absolute atomic E-state index is 0.111. The van der Waals surface area contributed by atoms with E-state index < -0.39 is 29.7 Å². The predicted octanol–water partition coefficient (Wildman–Crippen LogP) is 3.17. The van der Waals surface area contributed by atoms with E-state index in [9.17, 15) is 24.0 Å². The molecule has 1 aliphatic heterocycles. The number of aromatic nitrogens is 1. The van der Waals surface area contributed by atoms with E-state index >= 15 is 0 Å². The van der Waals surface area contributed by atoms with Crippen LogP contribution in [0.2, 0.25) is 5.02 Å². The van der Waals surface area contributed by atoms with Crippen LogP contribution in [-0.4, -0.2) is 40.3 Å². The van der Waals surface area contributed by atoms with E-state index in [1.807, 2.05) is 13.8 Å². The summed E-state index contributed by atoms with van der Waals surface area (Å²) < 4.78 is 13.7. The summed E-state index contributed by atoms with van der Waals surface area (Å²) in [5.74, 6) is -1.77. The minimum Gasteiger partial charge on any atom is -0.351 e. The number of hydrogen-bond donors (Lipinski definition) is 4. The molecule has 0 spiro atoms. The molecule has 2 unspecified atom stereocenters. The van der Waals surface area contributed by atoms with Crippen molar-refractivity contribution >= 4 is 40.2 Å². The molecule has 3 atom stereocenters. The molecule has 1 aromatic heterocycles. The van der Waals surface area contributed by atoms with Gasteiger partial charge in [-0.2, -0.15) is 5.26 Å². The van der Waals surface area contributed by atoms with Crippen molar-refractivity contribution < 1.29 is 18.8 Å². The topological polar surface area (TPSA) is 127 Å². The van der Waals surface area contributed by atoms with Crippen LogP contribution in [0, 0.1) is 29.0 Å². The van der Waals surface area contributed by atoms with Gasteiger partial charge in [-0.3, -0.25) is 14.4 Å². The Balaban J connectivity index is 1.44. The van der Waals surface area contributed by atoms with Crippen LogP contribution < -0.4 is 16.0 Å². The second-order valence-electron chi connectivity index (χ2n) is 9.91. The Morgan fingerprint density at radius 1 is 1.29 bits per heavy atom. The average Bonchev–Trinajstić information content (AvgIpc) is 3.41. The normalized spacial score (nSPS) is 20.9. The van der Waals surface area contributed by atoms with Crippen molar-refractivity contribution in [2.45, 2.75) is 63.6 Å². The number of aromatic amines is 1. The first-order valence-electron chi connectivity index (χ1n) is 11.4. The van der Waals surface area contributed by atoms with Crippen LogP contribution in [0.3, 0.4) is 0 Å². The quantitative estimate of drug-likeness (QED) is 0.456. The Bertz CT molecular complexity index is 1180. The van der Waals surface area contributed by atoms with Gasteiger partial charge in [-0.05, 0) is 57.2 Å². The Labute approximate surface area is 201 Å². The van der Waals surface area contributed by atoms with E-state index in [0.717, 1.165) is 12.8 Å². The van der Waals surface area contributed by atoms with Crippen LogP contribution in [0.5, 0.6) is 0 Å². The van der Waals surface area contributed by atoms with E-state index in [-0.39, 0.29) is 34.5 Å². The van der Waals surface area contributed by atoms with Crippen molar-refractivity contribution in [1.29, 1.82) is 5.26 Å². The molecule has 8 nitrogen and oxygen atoms in total. The third-order valence-corrected chi connectivity index (χ3v) is 6.77. The number of nitrogens with zero attached hydrogens (tertiary/aromatic N) is 1. The number of nitriles is 1.